The quantitative estimate of drug-likeness (QED) is 0.812. The van der Waals surface area contributed by atoms with Crippen molar-refractivity contribution in [3.05, 3.63) is 17.3 Å². The van der Waals surface area contributed by atoms with Crippen molar-refractivity contribution < 1.29 is 4.79 Å². The van der Waals surface area contributed by atoms with Gasteiger partial charge in [0.2, 0.25) is 5.91 Å². The van der Waals surface area contributed by atoms with E-state index in [2.05, 4.69) is 10.3 Å². The Morgan fingerprint density at radius 3 is 3.28 bits per heavy atom. The summed E-state index contributed by atoms with van der Waals surface area (Å²) in [5.74, 6) is 0.882. The highest BCUT2D eigenvalue weighted by Gasteiger charge is 2.29. The van der Waals surface area contributed by atoms with Gasteiger partial charge in [-0.1, -0.05) is 0 Å². The summed E-state index contributed by atoms with van der Waals surface area (Å²) in [6, 6.07) is -0.200. The number of hydrogen-bond acceptors (Lipinski definition) is 5. The van der Waals surface area contributed by atoms with Crippen LogP contribution in [0.4, 0.5) is 5.82 Å². The number of imidazole rings is 1. The topological polar surface area (TPSA) is 75.7 Å². The van der Waals surface area contributed by atoms with Crippen molar-refractivity contribution in [2.45, 2.75) is 19.5 Å². The van der Waals surface area contributed by atoms with Crippen molar-refractivity contribution >= 4 is 28.0 Å². The Morgan fingerprint density at radius 1 is 1.67 bits per heavy atom. The van der Waals surface area contributed by atoms with Crippen LogP contribution < -0.4 is 16.0 Å². The largest absolute Gasteiger partial charge is 0.353 e. The molecule has 0 radical (unpaired) electrons. The zero-order valence-corrected chi connectivity index (χ0v) is 10.9. The maximum atomic E-state index is 11.7. The standard InChI is InChI=1S/C11H15N5OS/c1-7-10(17)13-2-3-15(7)9-8(6-12)16-4-5-18-11(16)14-9/h4-5,7H,2-3,6,12H2,1H3,(H,13,17). The number of thiazole rings is 1. The van der Waals surface area contributed by atoms with E-state index < -0.39 is 0 Å². The number of fused-ring (bicyclic) bond motifs is 1. The number of piperazine rings is 1. The molecule has 0 spiro atoms. The zero-order valence-electron chi connectivity index (χ0n) is 10.1. The number of nitrogens with two attached hydrogens (primary N) is 1. The minimum Gasteiger partial charge on any atom is -0.353 e. The molecule has 3 heterocycles. The predicted molar refractivity (Wildman–Crippen MR) is 70.8 cm³/mol. The van der Waals surface area contributed by atoms with E-state index >= 15 is 0 Å². The van der Waals surface area contributed by atoms with Crippen LogP contribution >= 0.6 is 11.3 Å². The van der Waals surface area contributed by atoms with Crippen molar-refractivity contribution in [2.75, 3.05) is 18.0 Å². The molecule has 3 rings (SSSR count). The van der Waals surface area contributed by atoms with Crippen LogP contribution in [0, 0.1) is 0 Å². The van der Waals surface area contributed by atoms with E-state index in [1.165, 1.54) is 0 Å². The number of amides is 1. The van der Waals surface area contributed by atoms with Gasteiger partial charge in [0.05, 0.1) is 5.69 Å². The summed E-state index contributed by atoms with van der Waals surface area (Å²) in [7, 11) is 0. The number of nitrogens with one attached hydrogen (secondary N) is 1. The molecular formula is C11H15N5OS. The van der Waals surface area contributed by atoms with Crippen molar-refractivity contribution in [3.8, 4) is 0 Å². The molecule has 1 aliphatic heterocycles. The van der Waals surface area contributed by atoms with Gasteiger partial charge in [0.25, 0.3) is 0 Å². The number of anilines is 1. The molecule has 7 heteroatoms. The van der Waals surface area contributed by atoms with E-state index in [1.807, 2.05) is 27.8 Å². The molecule has 0 saturated carbocycles. The van der Waals surface area contributed by atoms with Crippen LogP contribution in [0.3, 0.4) is 0 Å². The third-order valence-electron chi connectivity index (χ3n) is 3.30. The Kier molecular flexibility index (Phi) is 2.71. The molecule has 96 valence electrons. The Morgan fingerprint density at radius 2 is 2.50 bits per heavy atom. The fraction of sp³-hybridized carbons (Fsp3) is 0.455. The number of nitrogens with zero attached hydrogens (tertiary/aromatic N) is 3. The Balaban J connectivity index is 2.07. The van der Waals surface area contributed by atoms with Crippen LogP contribution in [-0.4, -0.2) is 34.4 Å². The van der Waals surface area contributed by atoms with E-state index in [4.69, 9.17) is 5.73 Å². The van der Waals surface area contributed by atoms with E-state index in [-0.39, 0.29) is 11.9 Å². The molecule has 1 saturated heterocycles. The van der Waals surface area contributed by atoms with Gasteiger partial charge in [-0.25, -0.2) is 4.98 Å². The Hall–Kier alpha value is -1.60. The fourth-order valence-electron chi connectivity index (χ4n) is 2.31. The van der Waals surface area contributed by atoms with Crippen LogP contribution in [0.2, 0.25) is 0 Å². The van der Waals surface area contributed by atoms with Crippen molar-refractivity contribution in [1.29, 1.82) is 0 Å². The summed E-state index contributed by atoms with van der Waals surface area (Å²) in [4.78, 5) is 19.3. The van der Waals surface area contributed by atoms with Gasteiger partial charge in [-0.3, -0.25) is 9.20 Å². The second-order valence-electron chi connectivity index (χ2n) is 4.30. The second-order valence-corrected chi connectivity index (χ2v) is 5.18. The lowest BCUT2D eigenvalue weighted by molar-refractivity contribution is -0.122. The van der Waals surface area contributed by atoms with Crippen molar-refractivity contribution in [1.82, 2.24) is 14.7 Å². The molecule has 3 N–H and O–H groups in total. The maximum absolute atomic E-state index is 11.7. The zero-order chi connectivity index (χ0) is 12.7. The smallest absolute Gasteiger partial charge is 0.242 e. The minimum absolute atomic E-state index is 0.0422. The molecule has 1 aliphatic rings. The second kappa shape index (κ2) is 4.25. The van der Waals surface area contributed by atoms with Gasteiger partial charge in [-0.15, -0.1) is 11.3 Å². The molecule has 0 bridgehead atoms. The summed E-state index contributed by atoms with van der Waals surface area (Å²) in [6.07, 6.45) is 1.97. The lowest BCUT2D eigenvalue weighted by Gasteiger charge is -2.33. The van der Waals surface area contributed by atoms with E-state index in [1.54, 1.807) is 11.3 Å². The van der Waals surface area contributed by atoms with Gasteiger partial charge in [0.15, 0.2) is 10.8 Å². The van der Waals surface area contributed by atoms with Crippen LogP contribution in [0.15, 0.2) is 11.6 Å². The number of carbonyl (C=O) groups is 1. The molecule has 1 amide bonds. The van der Waals surface area contributed by atoms with Gasteiger partial charge < -0.3 is 16.0 Å². The van der Waals surface area contributed by atoms with Gasteiger partial charge in [-0.2, -0.15) is 0 Å². The average molecular weight is 265 g/mol. The molecule has 1 unspecified atom stereocenters. The minimum atomic E-state index is -0.200. The van der Waals surface area contributed by atoms with E-state index in [9.17, 15) is 4.79 Å². The van der Waals surface area contributed by atoms with Crippen LogP contribution in [0.5, 0.6) is 0 Å². The first-order chi connectivity index (χ1) is 8.72. The lowest BCUT2D eigenvalue weighted by atomic mass is 10.2. The number of hydrogen-bond donors (Lipinski definition) is 2. The highest BCUT2D eigenvalue weighted by atomic mass is 32.1. The summed E-state index contributed by atoms with van der Waals surface area (Å²) in [5, 5.41) is 4.84. The van der Waals surface area contributed by atoms with Gasteiger partial charge in [0.1, 0.15) is 6.04 Å². The van der Waals surface area contributed by atoms with E-state index in [0.29, 0.717) is 13.1 Å². The molecule has 1 atom stereocenters. The fourth-order valence-corrected chi connectivity index (χ4v) is 3.04. The van der Waals surface area contributed by atoms with Gasteiger partial charge in [-0.05, 0) is 6.92 Å². The summed E-state index contributed by atoms with van der Waals surface area (Å²) in [5.41, 5.74) is 6.79. The average Bonchev–Trinajstić information content (AvgIpc) is 2.92. The van der Waals surface area contributed by atoms with Gasteiger partial charge >= 0.3 is 0 Å². The lowest BCUT2D eigenvalue weighted by Crippen LogP contribution is -2.54. The highest BCUT2D eigenvalue weighted by molar-refractivity contribution is 7.15. The van der Waals surface area contributed by atoms with Gasteiger partial charge in [0, 0.05) is 31.2 Å². The third kappa shape index (κ3) is 1.58. The molecule has 0 aromatic carbocycles. The maximum Gasteiger partial charge on any atom is 0.242 e. The van der Waals surface area contributed by atoms with E-state index in [0.717, 1.165) is 23.0 Å². The van der Waals surface area contributed by atoms with Crippen LogP contribution in [0.25, 0.3) is 4.96 Å². The van der Waals surface area contributed by atoms with Crippen molar-refractivity contribution in [2.24, 2.45) is 5.73 Å². The molecule has 2 aromatic heterocycles. The number of aromatic nitrogens is 2. The Labute approximate surface area is 108 Å². The SMILES string of the molecule is CC1C(=O)NCCN1c1nc2sccn2c1CN. The summed E-state index contributed by atoms with van der Waals surface area (Å²) in [6.45, 7) is 3.73. The van der Waals surface area contributed by atoms with Crippen molar-refractivity contribution in [3.63, 3.8) is 0 Å². The number of carbonyl (C=O) groups excluding carboxylic acids is 1. The normalized spacial score (nSPS) is 20.4. The Bertz CT molecular complexity index is 589. The first-order valence-electron chi connectivity index (χ1n) is 5.91. The molecule has 18 heavy (non-hydrogen) atoms. The van der Waals surface area contributed by atoms with Crippen LogP contribution in [-0.2, 0) is 11.3 Å². The summed E-state index contributed by atoms with van der Waals surface area (Å²) >= 11 is 1.57. The summed E-state index contributed by atoms with van der Waals surface area (Å²) < 4.78 is 2.00. The molecule has 0 aliphatic carbocycles. The highest BCUT2D eigenvalue weighted by Crippen LogP contribution is 2.26. The molecule has 2 aromatic rings. The van der Waals surface area contributed by atoms with Crippen LogP contribution in [0.1, 0.15) is 12.6 Å². The number of rotatable bonds is 2. The molecular weight excluding hydrogens is 250 g/mol. The monoisotopic (exact) mass is 265 g/mol. The molecule has 6 nitrogen and oxygen atoms in total. The molecule has 1 fully saturated rings. The first-order valence-corrected chi connectivity index (χ1v) is 6.79. The predicted octanol–water partition coefficient (Wildman–Crippen LogP) is 0.179. The third-order valence-corrected chi connectivity index (χ3v) is 4.06. The first kappa shape index (κ1) is 11.5.